The van der Waals surface area contributed by atoms with Gasteiger partial charge in [0.25, 0.3) is 5.91 Å². The van der Waals surface area contributed by atoms with E-state index < -0.39 is 0 Å². The number of ether oxygens (including phenoxy) is 1. The van der Waals surface area contributed by atoms with Crippen LogP contribution < -0.4 is 0 Å². The Morgan fingerprint density at radius 1 is 1.35 bits per heavy atom. The summed E-state index contributed by atoms with van der Waals surface area (Å²) in [4.78, 5) is 15.2. The summed E-state index contributed by atoms with van der Waals surface area (Å²) in [5.74, 6) is 0.988. The summed E-state index contributed by atoms with van der Waals surface area (Å²) in [6.45, 7) is 2.19. The average molecular weight is 293 g/mol. The van der Waals surface area contributed by atoms with Crippen LogP contribution in [0.4, 0.5) is 0 Å². The quantitative estimate of drug-likeness (QED) is 0.853. The van der Waals surface area contributed by atoms with Gasteiger partial charge in [0.05, 0.1) is 17.6 Å². The molecule has 20 heavy (non-hydrogen) atoms. The van der Waals surface area contributed by atoms with Crippen LogP contribution in [-0.2, 0) is 4.74 Å². The maximum Gasteiger partial charge on any atom is 0.264 e. The van der Waals surface area contributed by atoms with E-state index in [0.29, 0.717) is 6.61 Å². The van der Waals surface area contributed by atoms with Gasteiger partial charge < -0.3 is 9.64 Å². The maximum absolute atomic E-state index is 12.4. The number of nitrogens with zero attached hydrogens (tertiary/aromatic N) is 1. The summed E-state index contributed by atoms with van der Waals surface area (Å²) in [6, 6.07) is 3.86. The van der Waals surface area contributed by atoms with Crippen molar-refractivity contribution in [3.63, 3.8) is 0 Å². The van der Waals surface area contributed by atoms with Crippen molar-refractivity contribution in [3.8, 4) is 0 Å². The number of rotatable bonds is 3. The van der Waals surface area contributed by atoms with E-state index >= 15 is 0 Å². The largest absolute Gasteiger partial charge is 0.375 e. The highest BCUT2D eigenvalue weighted by Gasteiger charge is 2.27. The molecule has 0 spiro atoms. The fourth-order valence-electron chi connectivity index (χ4n) is 3.40. The molecule has 2 fully saturated rings. The van der Waals surface area contributed by atoms with E-state index in [0.717, 1.165) is 30.3 Å². The van der Waals surface area contributed by atoms with Crippen LogP contribution in [0, 0.1) is 5.92 Å². The zero-order valence-electron chi connectivity index (χ0n) is 11.9. The van der Waals surface area contributed by atoms with E-state index in [1.807, 2.05) is 22.4 Å². The van der Waals surface area contributed by atoms with Gasteiger partial charge in [-0.3, -0.25) is 4.79 Å². The first-order valence-electron chi connectivity index (χ1n) is 7.77. The van der Waals surface area contributed by atoms with Crippen molar-refractivity contribution in [2.45, 2.75) is 44.6 Å². The van der Waals surface area contributed by atoms with Gasteiger partial charge in [-0.15, -0.1) is 11.3 Å². The number of hydrogen-bond acceptors (Lipinski definition) is 3. The van der Waals surface area contributed by atoms with E-state index in [2.05, 4.69) is 0 Å². The molecule has 0 N–H and O–H groups in total. The second-order valence-corrected chi connectivity index (χ2v) is 6.91. The van der Waals surface area contributed by atoms with Crippen molar-refractivity contribution in [2.24, 2.45) is 5.92 Å². The highest BCUT2D eigenvalue weighted by Crippen LogP contribution is 2.29. The third-order valence-corrected chi connectivity index (χ3v) is 5.34. The first kappa shape index (κ1) is 14.1. The molecule has 3 nitrogen and oxygen atoms in total. The van der Waals surface area contributed by atoms with Gasteiger partial charge in [-0.1, -0.05) is 38.2 Å². The third-order valence-electron chi connectivity index (χ3n) is 4.48. The number of amides is 1. The predicted molar refractivity (Wildman–Crippen MR) is 81.2 cm³/mol. The highest BCUT2D eigenvalue weighted by atomic mass is 32.1. The highest BCUT2D eigenvalue weighted by molar-refractivity contribution is 7.12. The minimum Gasteiger partial charge on any atom is -0.375 e. The van der Waals surface area contributed by atoms with E-state index in [1.165, 1.54) is 43.4 Å². The molecular weight excluding hydrogens is 270 g/mol. The number of hydrogen-bond donors (Lipinski definition) is 0. The average Bonchev–Trinajstić information content (AvgIpc) is 3.02. The minimum absolute atomic E-state index is 0.178. The zero-order chi connectivity index (χ0) is 13.8. The van der Waals surface area contributed by atoms with Crippen molar-refractivity contribution < 1.29 is 9.53 Å². The molecule has 1 saturated carbocycles. The molecule has 1 unspecified atom stereocenters. The molecule has 3 rings (SSSR count). The van der Waals surface area contributed by atoms with Gasteiger partial charge in [-0.25, -0.2) is 0 Å². The van der Waals surface area contributed by atoms with Gasteiger partial charge in [0.15, 0.2) is 0 Å². The molecule has 110 valence electrons. The Morgan fingerprint density at radius 3 is 2.95 bits per heavy atom. The summed E-state index contributed by atoms with van der Waals surface area (Å²) < 4.78 is 5.89. The van der Waals surface area contributed by atoms with Crippen LogP contribution in [0.15, 0.2) is 17.5 Å². The second kappa shape index (κ2) is 6.72. The minimum atomic E-state index is 0.178. The van der Waals surface area contributed by atoms with E-state index in [4.69, 9.17) is 4.74 Å². The number of morpholine rings is 1. The van der Waals surface area contributed by atoms with Gasteiger partial charge in [-0.2, -0.15) is 0 Å². The van der Waals surface area contributed by atoms with E-state index in [-0.39, 0.29) is 12.0 Å². The van der Waals surface area contributed by atoms with Crippen LogP contribution in [0.1, 0.15) is 48.2 Å². The van der Waals surface area contributed by atoms with Crippen LogP contribution in [0.2, 0.25) is 0 Å². The lowest BCUT2D eigenvalue weighted by Crippen LogP contribution is -2.46. The monoisotopic (exact) mass is 293 g/mol. The zero-order valence-corrected chi connectivity index (χ0v) is 12.7. The standard InChI is InChI=1S/C16H23NO2S/c18-16(15-7-4-10-20-15)17-8-9-19-14(12-17)11-13-5-2-1-3-6-13/h4,7,10,13-14H,1-3,5-6,8-9,11-12H2. The normalized spacial score (nSPS) is 24.8. The Hall–Kier alpha value is -0.870. The predicted octanol–water partition coefficient (Wildman–Crippen LogP) is 3.56. The van der Waals surface area contributed by atoms with Gasteiger partial charge in [0, 0.05) is 13.1 Å². The Bertz CT molecular complexity index is 426. The Morgan fingerprint density at radius 2 is 2.20 bits per heavy atom. The van der Waals surface area contributed by atoms with Gasteiger partial charge in [-0.05, 0) is 23.8 Å². The molecular formula is C16H23NO2S. The molecule has 1 amide bonds. The summed E-state index contributed by atoms with van der Waals surface area (Å²) in [7, 11) is 0. The lowest BCUT2D eigenvalue weighted by Gasteiger charge is -2.35. The molecule has 0 aromatic carbocycles. The third kappa shape index (κ3) is 3.41. The molecule has 1 aliphatic heterocycles. The van der Waals surface area contributed by atoms with E-state index in [9.17, 15) is 4.79 Å². The topological polar surface area (TPSA) is 29.5 Å². The summed E-state index contributed by atoms with van der Waals surface area (Å²) in [5.41, 5.74) is 0. The van der Waals surface area contributed by atoms with Crippen LogP contribution in [0.5, 0.6) is 0 Å². The first-order valence-corrected chi connectivity index (χ1v) is 8.65. The molecule has 1 aliphatic carbocycles. The maximum atomic E-state index is 12.4. The van der Waals surface area contributed by atoms with Gasteiger partial charge >= 0.3 is 0 Å². The number of thiophene rings is 1. The summed E-state index contributed by atoms with van der Waals surface area (Å²) >= 11 is 1.53. The lowest BCUT2D eigenvalue weighted by atomic mass is 9.85. The van der Waals surface area contributed by atoms with Crippen LogP contribution >= 0.6 is 11.3 Å². The molecule has 2 heterocycles. The summed E-state index contributed by atoms with van der Waals surface area (Å²) in [5, 5.41) is 1.97. The first-order chi connectivity index (χ1) is 9.83. The molecule has 2 aliphatic rings. The Kier molecular flexibility index (Phi) is 4.73. The fraction of sp³-hybridized carbons (Fsp3) is 0.688. The molecule has 1 aromatic heterocycles. The lowest BCUT2D eigenvalue weighted by molar-refractivity contribution is -0.0335. The second-order valence-electron chi connectivity index (χ2n) is 5.96. The van der Waals surface area contributed by atoms with Crippen LogP contribution in [0.25, 0.3) is 0 Å². The van der Waals surface area contributed by atoms with Crippen molar-refractivity contribution in [3.05, 3.63) is 22.4 Å². The van der Waals surface area contributed by atoms with Crippen LogP contribution in [-0.4, -0.2) is 36.6 Å². The van der Waals surface area contributed by atoms with Crippen LogP contribution in [0.3, 0.4) is 0 Å². The Balaban J connectivity index is 1.54. The molecule has 0 radical (unpaired) electrons. The number of carbonyl (C=O) groups excluding carboxylic acids is 1. The number of carbonyl (C=O) groups is 1. The van der Waals surface area contributed by atoms with Crippen molar-refractivity contribution in [2.75, 3.05) is 19.7 Å². The molecule has 0 bridgehead atoms. The Labute approximate surface area is 124 Å². The molecule has 1 saturated heterocycles. The smallest absolute Gasteiger partial charge is 0.264 e. The molecule has 1 aromatic rings. The molecule has 1 atom stereocenters. The van der Waals surface area contributed by atoms with Crippen molar-refractivity contribution >= 4 is 17.2 Å². The summed E-state index contributed by atoms with van der Waals surface area (Å²) in [6.07, 6.45) is 8.21. The van der Waals surface area contributed by atoms with Gasteiger partial charge in [0.2, 0.25) is 0 Å². The fourth-order valence-corrected chi connectivity index (χ4v) is 4.09. The van der Waals surface area contributed by atoms with Crippen molar-refractivity contribution in [1.82, 2.24) is 4.90 Å². The van der Waals surface area contributed by atoms with E-state index in [1.54, 1.807) is 0 Å². The van der Waals surface area contributed by atoms with Crippen molar-refractivity contribution in [1.29, 1.82) is 0 Å². The van der Waals surface area contributed by atoms with Gasteiger partial charge in [0.1, 0.15) is 0 Å². The SMILES string of the molecule is O=C(c1cccs1)N1CCOC(CC2CCCCC2)C1. The molecule has 4 heteroatoms.